The van der Waals surface area contributed by atoms with Gasteiger partial charge in [-0.25, -0.2) is 15.0 Å². The second-order valence-corrected chi connectivity index (χ2v) is 13.4. The molecule has 1 saturated carbocycles. The molecular formula is C34H34F3N9O3S. The monoisotopic (exact) mass is 705 g/mol. The third-order valence-corrected chi connectivity index (χ3v) is 9.70. The first-order valence-corrected chi connectivity index (χ1v) is 16.9. The lowest BCUT2D eigenvalue weighted by Gasteiger charge is -2.38. The van der Waals surface area contributed by atoms with E-state index in [0.717, 1.165) is 64.3 Å². The highest BCUT2D eigenvalue weighted by atomic mass is 32.1. The Morgan fingerprint density at radius 1 is 1.08 bits per heavy atom. The zero-order chi connectivity index (χ0) is 35.2. The Balaban J connectivity index is 1.07. The molecule has 16 heteroatoms. The lowest BCUT2D eigenvalue weighted by molar-refractivity contribution is -0.138. The number of para-hydroxylation sites is 1. The molecule has 2 aliphatic rings. The van der Waals surface area contributed by atoms with E-state index in [1.807, 2.05) is 35.1 Å². The summed E-state index contributed by atoms with van der Waals surface area (Å²) in [5.74, 6) is 1.07. The van der Waals surface area contributed by atoms with Crippen molar-refractivity contribution in [1.29, 1.82) is 0 Å². The Morgan fingerprint density at radius 2 is 1.86 bits per heavy atom. The molecule has 4 aromatic heterocycles. The van der Waals surface area contributed by atoms with Crippen LogP contribution in [0.3, 0.4) is 0 Å². The zero-order valence-corrected chi connectivity index (χ0v) is 28.3. The number of nitrogens with one attached hydrogen (secondary N) is 2. The first-order valence-electron chi connectivity index (χ1n) is 16.0. The van der Waals surface area contributed by atoms with E-state index in [4.69, 9.17) is 4.74 Å². The van der Waals surface area contributed by atoms with E-state index in [-0.39, 0.29) is 22.9 Å². The average Bonchev–Trinajstić information content (AvgIpc) is 3.64. The van der Waals surface area contributed by atoms with E-state index in [0.29, 0.717) is 47.6 Å². The molecule has 50 heavy (non-hydrogen) atoms. The molecule has 0 radical (unpaired) electrons. The summed E-state index contributed by atoms with van der Waals surface area (Å²) in [5.41, 5.74) is 4.01. The average molecular weight is 706 g/mol. The predicted octanol–water partition coefficient (Wildman–Crippen LogP) is 5.71. The van der Waals surface area contributed by atoms with Gasteiger partial charge in [0.1, 0.15) is 23.9 Å². The number of anilines is 2. The number of thiazole rings is 1. The van der Waals surface area contributed by atoms with Crippen molar-refractivity contribution in [3.05, 3.63) is 65.1 Å². The smallest absolute Gasteiger partial charge is 0.406 e. The molecule has 260 valence electrons. The molecule has 1 saturated heterocycles. The SMILES string of the molecule is CNc1ncc(-c2cccc(-c3cnn(C4CN(Cc5csc(C(=O)N(C)CC(F)(F)F)n5)C4)c3)c2OC)c2cc(NC(=O)C3CC3)ncc12. The van der Waals surface area contributed by atoms with Crippen LogP contribution in [0.25, 0.3) is 33.0 Å². The van der Waals surface area contributed by atoms with Crippen molar-refractivity contribution in [1.82, 2.24) is 34.5 Å². The fourth-order valence-corrected chi connectivity index (χ4v) is 6.92. The number of amides is 2. The van der Waals surface area contributed by atoms with Gasteiger partial charge in [0, 0.05) is 96.6 Å². The van der Waals surface area contributed by atoms with E-state index in [2.05, 4.69) is 35.6 Å². The molecule has 1 aliphatic carbocycles. The quantitative estimate of drug-likeness (QED) is 0.178. The summed E-state index contributed by atoms with van der Waals surface area (Å²) in [6.45, 7) is 0.531. The number of carbonyl (C=O) groups excluding carboxylic acids is 2. The van der Waals surface area contributed by atoms with Gasteiger partial charge in [-0.1, -0.05) is 18.2 Å². The third-order valence-electron chi connectivity index (χ3n) is 8.83. The van der Waals surface area contributed by atoms with Gasteiger partial charge < -0.3 is 20.3 Å². The normalized spacial score (nSPS) is 15.2. The van der Waals surface area contributed by atoms with Crippen molar-refractivity contribution >= 4 is 45.6 Å². The van der Waals surface area contributed by atoms with Crippen molar-refractivity contribution in [3.8, 4) is 28.0 Å². The zero-order valence-electron chi connectivity index (χ0n) is 27.5. The van der Waals surface area contributed by atoms with Crippen LogP contribution < -0.4 is 15.4 Å². The lowest BCUT2D eigenvalue weighted by atomic mass is 9.96. The summed E-state index contributed by atoms with van der Waals surface area (Å²) in [7, 11) is 4.54. The van der Waals surface area contributed by atoms with E-state index >= 15 is 0 Å². The standard InChI is InChI=1S/C34H34F3N9O3S/c1-38-30-27-12-39-28(43-31(47)19-7-8-19)9-25(27)26(11-40-30)24-6-4-5-23(29(24)49-3)20-10-41-46(13-20)22-15-45(16-22)14-21-17-50-32(42-21)33(48)44(2)18-34(35,36)37/h4-6,9-13,17,19,22H,7-8,14-16,18H2,1-3H3,(H,38,40)(H,39,43,47). The molecule has 1 aliphatic heterocycles. The maximum absolute atomic E-state index is 12.7. The lowest BCUT2D eigenvalue weighted by Crippen LogP contribution is -2.47. The predicted molar refractivity (Wildman–Crippen MR) is 183 cm³/mol. The van der Waals surface area contributed by atoms with Crippen molar-refractivity contribution in [2.75, 3.05) is 51.5 Å². The highest BCUT2D eigenvalue weighted by molar-refractivity contribution is 7.11. The van der Waals surface area contributed by atoms with Gasteiger partial charge in [-0.3, -0.25) is 19.2 Å². The molecule has 7 rings (SSSR count). The summed E-state index contributed by atoms with van der Waals surface area (Å²) in [5, 5.41) is 14.1. The van der Waals surface area contributed by atoms with E-state index in [9.17, 15) is 22.8 Å². The molecule has 2 amide bonds. The first-order chi connectivity index (χ1) is 24.0. The number of halogens is 3. The summed E-state index contributed by atoms with van der Waals surface area (Å²) in [6, 6.07) is 7.88. The summed E-state index contributed by atoms with van der Waals surface area (Å²) in [4.78, 5) is 41.1. The maximum Gasteiger partial charge on any atom is 0.406 e. The molecule has 0 bridgehead atoms. The highest BCUT2D eigenvalue weighted by Gasteiger charge is 2.34. The number of likely N-dealkylation sites (tertiary alicyclic amines) is 1. The van der Waals surface area contributed by atoms with E-state index in [1.165, 1.54) is 0 Å². The molecule has 5 aromatic rings. The molecule has 0 unspecified atom stereocenters. The number of benzene rings is 1. The maximum atomic E-state index is 12.7. The number of carbonyl (C=O) groups is 2. The minimum absolute atomic E-state index is 0.0208. The number of aromatic nitrogens is 5. The molecular weight excluding hydrogens is 671 g/mol. The third kappa shape index (κ3) is 6.85. The van der Waals surface area contributed by atoms with Crippen LogP contribution in [0.2, 0.25) is 0 Å². The molecule has 2 N–H and O–H groups in total. The van der Waals surface area contributed by atoms with Gasteiger partial charge in [0.15, 0.2) is 5.01 Å². The number of hydrogen-bond acceptors (Lipinski definition) is 10. The summed E-state index contributed by atoms with van der Waals surface area (Å²) >= 11 is 1.05. The van der Waals surface area contributed by atoms with Crippen molar-refractivity contribution in [2.45, 2.75) is 31.6 Å². The van der Waals surface area contributed by atoms with Crippen LogP contribution in [-0.2, 0) is 11.3 Å². The Labute approximate surface area is 289 Å². The summed E-state index contributed by atoms with van der Waals surface area (Å²) < 4.78 is 46.0. The van der Waals surface area contributed by atoms with E-state index < -0.39 is 18.6 Å². The number of pyridine rings is 2. The number of hydrogen-bond donors (Lipinski definition) is 2. The van der Waals surface area contributed by atoms with Gasteiger partial charge in [0.25, 0.3) is 5.91 Å². The molecule has 0 atom stereocenters. The van der Waals surface area contributed by atoms with Crippen LogP contribution in [0.5, 0.6) is 5.75 Å². The Kier molecular flexibility index (Phi) is 8.90. The second kappa shape index (κ2) is 13.3. The van der Waals surface area contributed by atoms with Gasteiger partial charge in [-0.15, -0.1) is 11.3 Å². The molecule has 12 nitrogen and oxygen atoms in total. The number of fused-ring (bicyclic) bond motifs is 1. The van der Waals surface area contributed by atoms with Gasteiger partial charge >= 0.3 is 6.18 Å². The number of methoxy groups -OCH3 is 1. The largest absolute Gasteiger partial charge is 0.495 e. The van der Waals surface area contributed by atoms with Crippen molar-refractivity contribution < 1.29 is 27.5 Å². The number of alkyl halides is 3. The fraction of sp³-hybridized carbons (Fsp3) is 0.353. The van der Waals surface area contributed by atoms with Gasteiger partial charge in [-0.2, -0.15) is 18.3 Å². The van der Waals surface area contributed by atoms with Crippen molar-refractivity contribution in [3.63, 3.8) is 0 Å². The topological polar surface area (TPSA) is 130 Å². The molecule has 0 spiro atoms. The van der Waals surface area contributed by atoms with Crippen LogP contribution in [0, 0.1) is 5.92 Å². The Bertz CT molecular complexity index is 2070. The highest BCUT2D eigenvalue weighted by Crippen LogP contribution is 2.42. The van der Waals surface area contributed by atoms with Crippen LogP contribution in [0.15, 0.2) is 54.4 Å². The number of rotatable bonds is 11. The van der Waals surface area contributed by atoms with Gasteiger partial charge in [0.05, 0.1) is 25.0 Å². The minimum atomic E-state index is -4.47. The van der Waals surface area contributed by atoms with Crippen molar-refractivity contribution in [2.24, 2.45) is 5.92 Å². The molecule has 2 fully saturated rings. The Hall–Kier alpha value is -5.09. The van der Waals surface area contributed by atoms with Gasteiger partial charge in [-0.05, 0) is 18.9 Å². The van der Waals surface area contributed by atoms with Crippen LogP contribution in [0.4, 0.5) is 24.8 Å². The van der Waals surface area contributed by atoms with Crippen LogP contribution in [0.1, 0.15) is 34.4 Å². The molecule has 1 aromatic carbocycles. The van der Waals surface area contributed by atoms with Gasteiger partial charge in [0.2, 0.25) is 5.91 Å². The second-order valence-electron chi connectivity index (χ2n) is 12.5. The van der Waals surface area contributed by atoms with Crippen LogP contribution in [-0.4, -0.2) is 93.4 Å². The number of ether oxygens (including phenoxy) is 1. The molecule has 5 heterocycles. The fourth-order valence-electron chi connectivity index (χ4n) is 6.11. The van der Waals surface area contributed by atoms with E-state index in [1.54, 1.807) is 38.1 Å². The Morgan fingerprint density at radius 3 is 2.58 bits per heavy atom. The first kappa shape index (κ1) is 33.4. The van der Waals surface area contributed by atoms with Crippen LogP contribution >= 0.6 is 11.3 Å². The number of nitrogens with zero attached hydrogens (tertiary/aromatic N) is 7. The minimum Gasteiger partial charge on any atom is -0.495 e. The summed E-state index contributed by atoms with van der Waals surface area (Å²) in [6.07, 6.45) is 4.60.